The second-order valence-corrected chi connectivity index (χ2v) is 8.35. The number of aliphatic imine (C=N–C) groups is 1. The molecule has 1 aliphatic rings. The molecule has 0 spiro atoms. The zero-order valence-corrected chi connectivity index (χ0v) is 18.8. The van der Waals surface area contributed by atoms with Crippen molar-refractivity contribution in [3.63, 3.8) is 0 Å². The summed E-state index contributed by atoms with van der Waals surface area (Å²) in [6.07, 6.45) is 1.70. The zero-order valence-electron chi connectivity index (χ0n) is 18.0. The number of benzene rings is 3. The summed E-state index contributed by atoms with van der Waals surface area (Å²) in [7, 11) is 1.42. The van der Waals surface area contributed by atoms with Crippen LogP contribution >= 0.6 is 11.8 Å². The third kappa shape index (κ3) is 5.32. The van der Waals surface area contributed by atoms with Crippen LogP contribution < -0.4 is 4.74 Å². The van der Waals surface area contributed by atoms with Crippen molar-refractivity contribution < 1.29 is 19.4 Å². The van der Waals surface area contributed by atoms with Crippen molar-refractivity contribution in [2.24, 2.45) is 4.99 Å². The summed E-state index contributed by atoms with van der Waals surface area (Å²) in [5.41, 5.74) is 2.70. The van der Waals surface area contributed by atoms with Crippen molar-refractivity contribution in [1.82, 2.24) is 4.90 Å². The maximum Gasteiger partial charge on any atom is 0.339 e. The standard InChI is InChI=1S/C26H22N2O4S/c1-32-22-13-12-20(14-21(22)25(30)31)15-23-24(29)28(17-19-10-6-3-7-11-19)26(33-23)27-16-18-8-4-2-5-9-18/h2-15H,16-17H2,1H3,(H,30,31)/b23-15-,27-26?. The van der Waals surface area contributed by atoms with E-state index in [0.29, 0.717) is 28.7 Å². The van der Waals surface area contributed by atoms with Gasteiger partial charge in [0.25, 0.3) is 5.91 Å². The molecule has 0 unspecified atom stereocenters. The minimum Gasteiger partial charge on any atom is -0.496 e. The van der Waals surface area contributed by atoms with Gasteiger partial charge in [-0.25, -0.2) is 4.79 Å². The van der Waals surface area contributed by atoms with Crippen molar-refractivity contribution in [1.29, 1.82) is 0 Å². The van der Waals surface area contributed by atoms with Gasteiger partial charge in [0.15, 0.2) is 5.17 Å². The molecule has 4 rings (SSSR count). The lowest BCUT2D eigenvalue weighted by molar-refractivity contribution is -0.122. The van der Waals surface area contributed by atoms with E-state index in [0.717, 1.165) is 11.1 Å². The molecular formula is C26H22N2O4S. The Bertz CT molecular complexity index is 1220. The van der Waals surface area contributed by atoms with Crippen LogP contribution in [0.2, 0.25) is 0 Å². The number of aromatic carboxylic acids is 1. The maximum absolute atomic E-state index is 13.3. The first-order valence-corrected chi connectivity index (χ1v) is 11.1. The van der Waals surface area contributed by atoms with E-state index >= 15 is 0 Å². The predicted molar refractivity (Wildman–Crippen MR) is 130 cm³/mol. The highest BCUT2D eigenvalue weighted by Crippen LogP contribution is 2.34. The van der Waals surface area contributed by atoms with Gasteiger partial charge in [0.05, 0.1) is 25.1 Å². The molecule has 1 saturated heterocycles. The Morgan fingerprint density at radius 1 is 1.03 bits per heavy atom. The molecule has 0 aromatic heterocycles. The molecule has 33 heavy (non-hydrogen) atoms. The van der Waals surface area contributed by atoms with Crippen LogP contribution in [-0.2, 0) is 17.9 Å². The number of hydrogen-bond acceptors (Lipinski definition) is 5. The molecule has 1 fully saturated rings. The largest absolute Gasteiger partial charge is 0.496 e. The lowest BCUT2D eigenvalue weighted by atomic mass is 10.1. The summed E-state index contributed by atoms with van der Waals surface area (Å²) in [6.45, 7) is 0.862. The van der Waals surface area contributed by atoms with E-state index in [2.05, 4.69) is 0 Å². The van der Waals surface area contributed by atoms with E-state index in [-0.39, 0.29) is 17.2 Å². The van der Waals surface area contributed by atoms with Crippen molar-refractivity contribution in [3.8, 4) is 5.75 Å². The Balaban J connectivity index is 1.66. The number of carbonyl (C=O) groups excluding carboxylic acids is 1. The quantitative estimate of drug-likeness (QED) is 0.500. The first kappa shape index (κ1) is 22.4. The van der Waals surface area contributed by atoms with Gasteiger partial charge in [-0.15, -0.1) is 0 Å². The van der Waals surface area contributed by atoms with Crippen LogP contribution in [0.1, 0.15) is 27.0 Å². The second-order valence-electron chi connectivity index (χ2n) is 7.34. The van der Waals surface area contributed by atoms with Gasteiger partial charge >= 0.3 is 5.97 Å². The fourth-order valence-electron chi connectivity index (χ4n) is 3.41. The average Bonchev–Trinajstić information content (AvgIpc) is 3.13. The molecule has 0 radical (unpaired) electrons. The number of ether oxygens (including phenoxy) is 1. The average molecular weight is 459 g/mol. The minimum atomic E-state index is -1.09. The van der Waals surface area contributed by atoms with Gasteiger partial charge in [0, 0.05) is 0 Å². The van der Waals surface area contributed by atoms with E-state index in [4.69, 9.17) is 9.73 Å². The van der Waals surface area contributed by atoms with E-state index < -0.39 is 5.97 Å². The molecule has 1 amide bonds. The lowest BCUT2D eigenvalue weighted by Gasteiger charge is -2.15. The number of amides is 1. The fourth-order valence-corrected chi connectivity index (χ4v) is 4.38. The van der Waals surface area contributed by atoms with Gasteiger partial charge in [-0.1, -0.05) is 66.7 Å². The van der Waals surface area contributed by atoms with Gasteiger partial charge in [0.1, 0.15) is 11.3 Å². The monoisotopic (exact) mass is 458 g/mol. The Hall–Kier alpha value is -3.84. The summed E-state index contributed by atoms with van der Waals surface area (Å²) in [5, 5.41) is 10.1. The predicted octanol–water partition coefficient (Wildman–Crippen LogP) is 5.07. The van der Waals surface area contributed by atoms with Gasteiger partial charge in [0.2, 0.25) is 0 Å². The van der Waals surface area contributed by atoms with E-state index in [9.17, 15) is 14.7 Å². The molecule has 3 aromatic carbocycles. The molecule has 1 N–H and O–H groups in total. The zero-order chi connectivity index (χ0) is 23.2. The summed E-state index contributed by atoms with van der Waals surface area (Å²) < 4.78 is 5.13. The van der Waals surface area contributed by atoms with E-state index in [1.165, 1.54) is 24.9 Å². The van der Waals surface area contributed by atoms with Crippen LogP contribution in [0.15, 0.2) is 88.8 Å². The molecule has 0 saturated carbocycles. The van der Waals surface area contributed by atoms with Gasteiger partial charge in [-0.05, 0) is 46.7 Å². The van der Waals surface area contributed by atoms with Gasteiger partial charge < -0.3 is 9.84 Å². The van der Waals surface area contributed by atoms with E-state index in [1.54, 1.807) is 23.1 Å². The molecule has 166 valence electrons. The number of amidine groups is 1. The number of thioether (sulfide) groups is 1. The summed E-state index contributed by atoms with van der Waals surface area (Å²) in [4.78, 5) is 31.7. The van der Waals surface area contributed by atoms with Gasteiger partial charge in [-0.3, -0.25) is 14.7 Å². The van der Waals surface area contributed by atoms with Gasteiger partial charge in [-0.2, -0.15) is 0 Å². The van der Waals surface area contributed by atoms with Crippen molar-refractivity contribution in [2.45, 2.75) is 13.1 Å². The second kappa shape index (κ2) is 10.2. The SMILES string of the molecule is COc1ccc(/C=C2\SC(=NCc3ccccc3)N(Cc3ccccc3)C2=O)cc1C(=O)O. The molecule has 1 aliphatic heterocycles. The van der Waals surface area contributed by atoms with Crippen LogP contribution in [0.4, 0.5) is 0 Å². The Morgan fingerprint density at radius 3 is 2.33 bits per heavy atom. The Morgan fingerprint density at radius 2 is 1.70 bits per heavy atom. The Kier molecular flexibility index (Phi) is 6.90. The smallest absolute Gasteiger partial charge is 0.339 e. The summed E-state index contributed by atoms with van der Waals surface area (Å²) in [6, 6.07) is 24.4. The number of methoxy groups -OCH3 is 1. The number of carbonyl (C=O) groups is 2. The molecule has 0 aliphatic carbocycles. The van der Waals surface area contributed by atoms with Crippen LogP contribution in [0.25, 0.3) is 6.08 Å². The van der Waals surface area contributed by atoms with Crippen LogP contribution in [0.3, 0.4) is 0 Å². The third-order valence-corrected chi connectivity index (χ3v) is 6.11. The highest BCUT2D eigenvalue weighted by atomic mass is 32.2. The number of carboxylic acids is 1. The first-order chi connectivity index (χ1) is 16.0. The summed E-state index contributed by atoms with van der Waals surface area (Å²) >= 11 is 1.29. The summed E-state index contributed by atoms with van der Waals surface area (Å²) in [5.74, 6) is -0.984. The fraction of sp³-hybridized carbons (Fsp3) is 0.115. The highest BCUT2D eigenvalue weighted by Gasteiger charge is 2.33. The van der Waals surface area contributed by atoms with Crippen LogP contribution in [-0.4, -0.2) is 34.2 Å². The molecule has 0 bridgehead atoms. The van der Waals surface area contributed by atoms with Crippen molar-refractivity contribution in [2.75, 3.05) is 7.11 Å². The normalized spacial score (nSPS) is 15.9. The molecule has 0 atom stereocenters. The number of nitrogens with zero attached hydrogens (tertiary/aromatic N) is 2. The van der Waals surface area contributed by atoms with E-state index in [1.807, 2.05) is 60.7 Å². The Labute approximate surface area is 196 Å². The number of rotatable bonds is 7. The van der Waals surface area contributed by atoms with Crippen molar-refractivity contribution >= 4 is 34.9 Å². The topological polar surface area (TPSA) is 79.2 Å². The third-order valence-electron chi connectivity index (χ3n) is 5.06. The van der Waals surface area contributed by atoms with Crippen LogP contribution in [0.5, 0.6) is 5.75 Å². The minimum absolute atomic E-state index is 0.0430. The van der Waals surface area contributed by atoms with Crippen LogP contribution in [0, 0.1) is 0 Å². The highest BCUT2D eigenvalue weighted by molar-refractivity contribution is 8.18. The molecule has 7 heteroatoms. The number of hydrogen-bond donors (Lipinski definition) is 1. The molecular weight excluding hydrogens is 436 g/mol. The molecule has 1 heterocycles. The maximum atomic E-state index is 13.3. The van der Waals surface area contributed by atoms with Crippen molar-refractivity contribution in [3.05, 3.63) is 106 Å². The molecule has 3 aromatic rings. The lowest BCUT2D eigenvalue weighted by Crippen LogP contribution is -2.28. The first-order valence-electron chi connectivity index (χ1n) is 10.3. The molecule has 6 nitrogen and oxygen atoms in total. The number of carboxylic acid groups (broad SMARTS) is 1.